The number of ketones is 1. The minimum Gasteiger partial charge on any atom is -0.333 e. The average Bonchev–Trinajstić information content (AvgIpc) is 2.30. The van der Waals surface area contributed by atoms with Crippen molar-refractivity contribution in [3.8, 4) is 0 Å². The Bertz CT molecular complexity index is 225. The zero-order valence-corrected chi connectivity index (χ0v) is 7.08. The van der Waals surface area contributed by atoms with Gasteiger partial charge in [0.25, 0.3) is 0 Å². The van der Waals surface area contributed by atoms with Crippen LogP contribution in [0.2, 0.25) is 0 Å². The first-order valence-electron chi connectivity index (χ1n) is 4.61. The molecule has 2 saturated heterocycles. The fourth-order valence-corrected chi connectivity index (χ4v) is 2.10. The molecule has 3 heteroatoms. The van der Waals surface area contributed by atoms with Crippen LogP contribution in [0.4, 0.5) is 0 Å². The summed E-state index contributed by atoms with van der Waals surface area (Å²) in [7, 11) is 0. The van der Waals surface area contributed by atoms with Gasteiger partial charge < -0.3 is 4.90 Å². The summed E-state index contributed by atoms with van der Waals surface area (Å²) in [6.45, 7) is 0.801. The maximum absolute atomic E-state index is 11.4. The third-order valence-electron chi connectivity index (χ3n) is 2.77. The number of hydrogen-bond donors (Lipinski definition) is 0. The molecule has 0 aromatic heterocycles. The molecule has 0 radical (unpaired) electrons. The first-order valence-corrected chi connectivity index (χ1v) is 4.61. The highest BCUT2D eigenvalue weighted by atomic mass is 16.2. The largest absolute Gasteiger partial charge is 0.333 e. The lowest BCUT2D eigenvalue weighted by atomic mass is 10.1. The van der Waals surface area contributed by atoms with Crippen molar-refractivity contribution in [3.05, 3.63) is 0 Å². The Morgan fingerprint density at radius 1 is 1.17 bits per heavy atom. The summed E-state index contributed by atoms with van der Waals surface area (Å²) in [6.07, 6.45) is 3.97. The highest BCUT2D eigenvalue weighted by Gasteiger charge is 2.36. The van der Waals surface area contributed by atoms with E-state index in [1.54, 1.807) is 4.90 Å². The highest BCUT2D eigenvalue weighted by Crippen LogP contribution is 2.24. The van der Waals surface area contributed by atoms with E-state index in [0.717, 1.165) is 25.8 Å². The quantitative estimate of drug-likeness (QED) is 0.533. The van der Waals surface area contributed by atoms with Crippen LogP contribution >= 0.6 is 0 Å². The Labute approximate surface area is 71.7 Å². The van der Waals surface area contributed by atoms with Gasteiger partial charge in [0.15, 0.2) is 5.78 Å². The van der Waals surface area contributed by atoms with Crippen molar-refractivity contribution in [2.45, 2.75) is 38.1 Å². The highest BCUT2D eigenvalue weighted by molar-refractivity contribution is 5.92. The van der Waals surface area contributed by atoms with E-state index in [1.165, 1.54) is 0 Å². The molecular weight excluding hydrogens is 154 g/mol. The standard InChI is InChI=1S/C9H13NO2/c11-8-3-1-2-6-10-7(8)4-5-9(10)12/h7H,1-6H2. The van der Waals surface area contributed by atoms with E-state index in [0.29, 0.717) is 12.8 Å². The van der Waals surface area contributed by atoms with Crippen LogP contribution in [-0.2, 0) is 9.59 Å². The zero-order valence-electron chi connectivity index (χ0n) is 7.08. The molecule has 0 spiro atoms. The molecule has 0 saturated carbocycles. The van der Waals surface area contributed by atoms with E-state index < -0.39 is 0 Å². The summed E-state index contributed by atoms with van der Waals surface area (Å²) in [5, 5.41) is 0. The van der Waals surface area contributed by atoms with E-state index in [4.69, 9.17) is 0 Å². The number of amides is 1. The lowest BCUT2D eigenvalue weighted by Gasteiger charge is -2.20. The van der Waals surface area contributed by atoms with Gasteiger partial charge in [0, 0.05) is 19.4 Å². The molecule has 0 N–H and O–H groups in total. The van der Waals surface area contributed by atoms with Gasteiger partial charge in [0.05, 0.1) is 6.04 Å². The summed E-state index contributed by atoms with van der Waals surface area (Å²) >= 11 is 0. The third kappa shape index (κ3) is 1.13. The fraction of sp³-hybridized carbons (Fsp3) is 0.778. The molecule has 2 fully saturated rings. The van der Waals surface area contributed by atoms with Crippen molar-refractivity contribution in [1.82, 2.24) is 4.90 Å². The molecule has 0 bridgehead atoms. The summed E-state index contributed by atoms with van der Waals surface area (Å²) in [4.78, 5) is 24.5. The number of Topliss-reactive ketones (excluding diaryl/α,β-unsaturated/α-hetero) is 1. The number of hydrogen-bond acceptors (Lipinski definition) is 2. The van der Waals surface area contributed by atoms with Crippen LogP contribution in [0.25, 0.3) is 0 Å². The Hall–Kier alpha value is -0.860. The van der Waals surface area contributed by atoms with E-state index in [1.807, 2.05) is 0 Å². The Morgan fingerprint density at radius 3 is 2.83 bits per heavy atom. The van der Waals surface area contributed by atoms with Crippen molar-refractivity contribution < 1.29 is 9.59 Å². The van der Waals surface area contributed by atoms with Gasteiger partial charge in [-0.25, -0.2) is 0 Å². The maximum atomic E-state index is 11.4. The molecule has 2 rings (SSSR count). The summed E-state index contributed by atoms with van der Waals surface area (Å²) < 4.78 is 0. The van der Waals surface area contributed by atoms with Gasteiger partial charge in [0.2, 0.25) is 5.91 Å². The molecule has 1 atom stereocenters. The van der Waals surface area contributed by atoms with Gasteiger partial charge in [-0.05, 0) is 19.3 Å². The van der Waals surface area contributed by atoms with Gasteiger partial charge in [-0.15, -0.1) is 0 Å². The molecule has 2 aliphatic rings. The second kappa shape index (κ2) is 2.88. The number of rotatable bonds is 0. The summed E-state index contributed by atoms with van der Waals surface area (Å²) in [5.41, 5.74) is 0. The molecule has 66 valence electrons. The number of fused-ring (bicyclic) bond motifs is 1. The molecule has 2 aliphatic heterocycles. The average molecular weight is 167 g/mol. The predicted octanol–water partition coefficient (Wildman–Crippen LogP) is 0.730. The molecule has 3 nitrogen and oxygen atoms in total. The zero-order chi connectivity index (χ0) is 8.55. The predicted molar refractivity (Wildman–Crippen MR) is 43.6 cm³/mol. The van der Waals surface area contributed by atoms with Crippen LogP contribution < -0.4 is 0 Å². The lowest BCUT2D eigenvalue weighted by molar-refractivity contribution is -0.133. The minimum atomic E-state index is -0.0556. The third-order valence-corrected chi connectivity index (χ3v) is 2.77. The van der Waals surface area contributed by atoms with Crippen molar-refractivity contribution in [2.24, 2.45) is 0 Å². The van der Waals surface area contributed by atoms with Crippen molar-refractivity contribution in [2.75, 3.05) is 6.54 Å². The van der Waals surface area contributed by atoms with E-state index in [-0.39, 0.29) is 17.7 Å². The van der Waals surface area contributed by atoms with Crippen LogP contribution in [0.3, 0.4) is 0 Å². The topological polar surface area (TPSA) is 37.4 Å². The first-order chi connectivity index (χ1) is 5.79. The van der Waals surface area contributed by atoms with Crippen LogP contribution in [-0.4, -0.2) is 29.2 Å². The van der Waals surface area contributed by atoms with E-state index in [2.05, 4.69) is 0 Å². The number of carbonyl (C=O) groups excluding carboxylic acids is 2. The first kappa shape index (κ1) is 7.77. The second-order valence-electron chi connectivity index (χ2n) is 3.57. The molecular formula is C9H13NO2. The van der Waals surface area contributed by atoms with E-state index >= 15 is 0 Å². The lowest BCUT2D eigenvalue weighted by Crippen LogP contribution is -2.37. The van der Waals surface area contributed by atoms with Crippen molar-refractivity contribution in [3.63, 3.8) is 0 Å². The van der Waals surface area contributed by atoms with Crippen molar-refractivity contribution >= 4 is 11.7 Å². The SMILES string of the molecule is O=C1CCCCN2C(=O)CCC12. The van der Waals surface area contributed by atoms with E-state index in [9.17, 15) is 9.59 Å². The normalized spacial score (nSPS) is 30.3. The molecule has 0 aromatic carbocycles. The Morgan fingerprint density at radius 2 is 2.00 bits per heavy atom. The van der Waals surface area contributed by atoms with Crippen LogP contribution in [0.15, 0.2) is 0 Å². The minimum absolute atomic E-state index is 0.0556. The Balaban J connectivity index is 2.18. The summed E-state index contributed by atoms with van der Waals surface area (Å²) in [5.74, 6) is 0.452. The maximum Gasteiger partial charge on any atom is 0.223 e. The smallest absolute Gasteiger partial charge is 0.223 e. The molecule has 2 heterocycles. The van der Waals surface area contributed by atoms with Gasteiger partial charge in [0.1, 0.15) is 0 Å². The molecule has 0 aromatic rings. The summed E-state index contributed by atoms with van der Waals surface area (Å²) in [6, 6.07) is -0.0556. The van der Waals surface area contributed by atoms with Crippen molar-refractivity contribution in [1.29, 1.82) is 0 Å². The van der Waals surface area contributed by atoms with Crippen LogP contribution in [0, 0.1) is 0 Å². The monoisotopic (exact) mass is 167 g/mol. The molecule has 1 unspecified atom stereocenters. The molecule has 1 amide bonds. The molecule has 12 heavy (non-hydrogen) atoms. The number of nitrogens with zero attached hydrogens (tertiary/aromatic N) is 1. The van der Waals surface area contributed by atoms with Crippen LogP contribution in [0.1, 0.15) is 32.1 Å². The van der Waals surface area contributed by atoms with Gasteiger partial charge >= 0.3 is 0 Å². The Kier molecular flexibility index (Phi) is 1.87. The van der Waals surface area contributed by atoms with Gasteiger partial charge in [-0.2, -0.15) is 0 Å². The second-order valence-corrected chi connectivity index (χ2v) is 3.57. The van der Waals surface area contributed by atoms with Gasteiger partial charge in [-0.3, -0.25) is 9.59 Å². The fourth-order valence-electron chi connectivity index (χ4n) is 2.10. The van der Waals surface area contributed by atoms with Gasteiger partial charge in [-0.1, -0.05) is 0 Å². The van der Waals surface area contributed by atoms with Crippen LogP contribution in [0.5, 0.6) is 0 Å². The number of carbonyl (C=O) groups is 2. The molecule has 0 aliphatic carbocycles.